The number of aromatic amines is 2. The predicted molar refractivity (Wildman–Crippen MR) is 130 cm³/mol. The number of pyridine rings is 1. The second-order valence-electron chi connectivity index (χ2n) is 9.54. The fourth-order valence-corrected chi connectivity index (χ4v) is 4.72. The minimum atomic E-state index is 0.313. The van der Waals surface area contributed by atoms with Gasteiger partial charge in [-0.3, -0.25) is 14.7 Å². The molecule has 4 aromatic rings. The average molecular weight is 456 g/mol. The molecule has 0 spiro atoms. The zero-order valence-electron chi connectivity index (χ0n) is 19.4. The van der Waals surface area contributed by atoms with Gasteiger partial charge in [0.05, 0.1) is 11.0 Å². The van der Waals surface area contributed by atoms with Gasteiger partial charge in [0.1, 0.15) is 11.6 Å². The van der Waals surface area contributed by atoms with Gasteiger partial charge in [-0.2, -0.15) is 0 Å². The number of piperazine rings is 1. The third-order valence-corrected chi connectivity index (χ3v) is 6.75. The highest BCUT2D eigenvalue weighted by molar-refractivity contribution is 5.81. The number of amides is 1. The Morgan fingerprint density at radius 3 is 2.68 bits per heavy atom. The molecule has 8 heteroatoms. The molecule has 1 saturated carbocycles. The van der Waals surface area contributed by atoms with Crippen LogP contribution in [0, 0.1) is 12.8 Å². The van der Waals surface area contributed by atoms with Crippen molar-refractivity contribution in [1.29, 1.82) is 0 Å². The first-order valence-electron chi connectivity index (χ1n) is 12.1. The van der Waals surface area contributed by atoms with E-state index in [1.54, 1.807) is 0 Å². The highest BCUT2D eigenvalue weighted by atomic mass is 16.2. The minimum Gasteiger partial charge on any atom is -0.342 e. The van der Waals surface area contributed by atoms with Gasteiger partial charge in [0.15, 0.2) is 0 Å². The van der Waals surface area contributed by atoms with E-state index in [-0.39, 0.29) is 0 Å². The number of hydrogen-bond acceptors (Lipinski definition) is 5. The smallest absolute Gasteiger partial charge is 0.225 e. The first-order chi connectivity index (χ1) is 16.6. The van der Waals surface area contributed by atoms with Gasteiger partial charge in [-0.1, -0.05) is 0 Å². The Balaban J connectivity index is 1.11. The summed E-state index contributed by atoms with van der Waals surface area (Å²) in [7, 11) is 0. The topological polar surface area (TPSA) is 93.8 Å². The number of fused-ring (bicyclic) bond motifs is 1. The van der Waals surface area contributed by atoms with E-state index in [0.717, 1.165) is 85.2 Å². The largest absolute Gasteiger partial charge is 0.342 e. The fraction of sp³-hybridized carbons (Fsp3) is 0.385. The second-order valence-corrected chi connectivity index (χ2v) is 9.54. The lowest BCUT2D eigenvalue weighted by atomic mass is 10.1. The van der Waals surface area contributed by atoms with Crippen LogP contribution in [0.3, 0.4) is 0 Å². The van der Waals surface area contributed by atoms with Crippen LogP contribution in [-0.4, -0.2) is 66.8 Å². The molecular formula is C26H29N7O. The van der Waals surface area contributed by atoms with Crippen molar-refractivity contribution in [2.24, 2.45) is 5.92 Å². The molecule has 3 aromatic heterocycles. The second kappa shape index (κ2) is 8.68. The number of imidazole rings is 2. The van der Waals surface area contributed by atoms with E-state index in [9.17, 15) is 4.79 Å². The zero-order valence-corrected chi connectivity index (χ0v) is 19.4. The summed E-state index contributed by atoms with van der Waals surface area (Å²) in [4.78, 5) is 37.3. The standard InChI is InChI=1S/C26H29N7O/c1-17-15-28-25(29-17)20-4-5-22-23(13-20)31-24(30-22)14-21-12-18(6-7-27-21)16-32-8-10-33(11-9-32)26(34)19-2-3-19/h4-7,12-13,15,19H,2-3,8-11,14,16H2,1H3,(H,28,29)(H,30,31). The molecule has 1 saturated heterocycles. The van der Waals surface area contributed by atoms with E-state index < -0.39 is 0 Å². The van der Waals surface area contributed by atoms with Crippen molar-refractivity contribution in [1.82, 2.24) is 34.7 Å². The van der Waals surface area contributed by atoms with Crippen LogP contribution in [0.2, 0.25) is 0 Å². The number of carbonyl (C=O) groups is 1. The number of hydrogen-bond donors (Lipinski definition) is 2. The molecule has 0 bridgehead atoms. The SMILES string of the molecule is Cc1cnc(-c2ccc3nc(Cc4cc(CN5CCN(C(=O)C6CC6)CC5)ccn4)[nH]c3c2)[nH]1. The summed E-state index contributed by atoms with van der Waals surface area (Å²) in [6.45, 7) is 6.42. The van der Waals surface area contributed by atoms with Crippen LogP contribution in [0.25, 0.3) is 22.4 Å². The van der Waals surface area contributed by atoms with Gasteiger partial charge in [0.25, 0.3) is 0 Å². The van der Waals surface area contributed by atoms with Gasteiger partial charge in [0.2, 0.25) is 5.91 Å². The van der Waals surface area contributed by atoms with E-state index in [2.05, 4.69) is 43.0 Å². The monoisotopic (exact) mass is 455 g/mol. The molecule has 1 aromatic carbocycles. The van der Waals surface area contributed by atoms with Crippen LogP contribution in [-0.2, 0) is 17.8 Å². The van der Waals surface area contributed by atoms with E-state index in [4.69, 9.17) is 4.98 Å². The predicted octanol–water partition coefficient (Wildman–Crippen LogP) is 3.30. The van der Waals surface area contributed by atoms with E-state index in [1.165, 1.54) is 5.56 Å². The Labute approximate surface area is 198 Å². The molecule has 0 atom stereocenters. The molecule has 174 valence electrons. The number of nitrogens with zero attached hydrogens (tertiary/aromatic N) is 5. The molecule has 0 radical (unpaired) electrons. The minimum absolute atomic E-state index is 0.313. The third kappa shape index (κ3) is 4.46. The van der Waals surface area contributed by atoms with Crippen molar-refractivity contribution >= 4 is 16.9 Å². The molecule has 0 unspecified atom stereocenters. The number of carbonyl (C=O) groups excluding carboxylic acids is 1. The zero-order chi connectivity index (χ0) is 23.1. The van der Waals surface area contributed by atoms with Crippen molar-refractivity contribution < 1.29 is 4.79 Å². The molecular weight excluding hydrogens is 426 g/mol. The van der Waals surface area contributed by atoms with Crippen molar-refractivity contribution in [3.8, 4) is 11.4 Å². The highest BCUT2D eigenvalue weighted by Crippen LogP contribution is 2.31. The van der Waals surface area contributed by atoms with Crippen molar-refractivity contribution in [2.45, 2.75) is 32.7 Å². The van der Waals surface area contributed by atoms with Crippen molar-refractivity contribution in [3.05, 3.63) is 65.5 Å². The number of H-pyrrole nitrogens is 2. The molecule has 1 amide bonds. The Morgan fingerprint density at radius 1 is 1.06 bits per heavy atom. The van der Waals surface area contributed by atoms with Crippen LogP contribution in [0.5, 0.6) is 0 Å². The Morgan fingerprint density at radius 2 is 1.91 bits per heavy atom. The van der Waals surface area contributed by atoms with Gasteiger partial charge in [0, 0.05) is 74.4 Å². The van der Waals surface area contributed by atoms with Crippen molar-refractivity contribution in [2.75, 3.05) is 26.2 Å². The van der Waals surface area contributed by atoms with Crippen LogP contribution in [0.1, 0.15) is 35.6 Å². The highest BCUT2D eigenvalue weighted by Gasteiger charge is 2.34. The Bertz CT molecular complexity index is 1330. The molecule has 4 heterocycles. The molecule has 2 aliphatic rings. The molecule has 6 rings (SSSR count). The molecule has 8 nitrogen and oxygen atoms in total. The fourth-order valence-electron chi connectivity index (χ4n) is 4.72. The summed E-state index contributed by atoms with van der Waals surface area (Å²) < 4.78 is 0. The summed E-state index contributed by atoms with van der Waals surface area (Å²) in [5, 5.41) is 0. The lowest BCUT2D eigenvalue weighted by Crippen LogP contribution is -2.48. The maximum atomic E-state index is 12.3. The number of aromatic nitrogens is 5. The van der Waals surface area contributed by atoms with Crippen molar-refractivity contribution in [3.63, 3.8) is 0 Å². The first kappa shape index (κ1) is 21.0. The maximum Gasteiger partial charge on any atom is 0.225 e. The van der Waals surface area contributed by atoms with Gasteiger partial charge < -0.3 is 14.9 Å². The molecule has 1 aliphatic carbocycles. The van der Waals surface area contributed by atoms with Crippen LogP contribution in [0.15, 0.2) is 42.7 Å². The van der Waals surface area contributed by atoms with E-state index in [0.29, 0.717) is 18.2 Å². The lowest BCUT2D eigenvalue weighted by Gasteiger charge is -2.35. The van der Waals surface area contributed by atoms with Gasteiger partial charge >= 0.3 is 0 Å². The van der Waals surface area contributed by atoms with E-state index in [1.807, 2.05) is 36.4 Å². The Hall–Kier alpha value is -3.52. The lowest BCUT2D eigenvalue weighted by molar-refractivity contribution is -0.134. The first-order valence-corrected chi connectivity index (χ1v) is 12.1. The summed E-state index contributed by atoms with van der Waals surface area (Å²) in [5.41, 5.74) is 6.27. The maximum absolute atomic E-state index is 12.3. The summed E-state index contributed by atoms with van der Waals surface area (Å²) >= 11 is 0. The Kier molecular flexibility index (Phi) is 5.37. The number of benzene rings is 1. The average Bonchev–Trinajstić information content (AvgIpc) is 3.48. The molecule has 1 aliphatic heterocycles. The van der Waals surface area contributed by atoms with Gasteiger partial charge in [-0.25, -0.2) is 9.97 Å². The van der Waals surface area contributed by atoms with Crippen LogP contribution < -0.4 is 0 Å². The van der Waals surface area contributed by atoms with Crippen LogP contribution >= 0.6 is 0 Å². The summed E-state index contributed by atoms with van der Waals surface area (Å²) in [5.74, 6) is 2.44. The van der Waals surface area contributed by atoms with E-state index >= 15 is 0 Å². The molecule has 2 N–H and O–H groups in total. The summed E-state index contributed by atoms with van der Waals surface area (Å²) in [6.07, 6.45) is 6.53. The summed E-state index contributed by atoms with van der Waals surface area (Å²) in [6, 6.07) is 10.4. The third-order valence-electron chi connectivity index (χ3n) is 6.75. The van der Waals surface area contributed by atoms with Crippen LogP contribution in [0.4, 0.5) is 0 Å². The molecule has 34 heavy (non-hydrogen) atoms. The van der Waals surface area contributed by atoms with Gasteiger partial charge in [-0.05, 0) is 55.7 Å². The number of aryl methyl sites for hydroxylation is 1. The normalized spacial score (nSPS) is 16.9. The quantitative estimate of drug-likeness (QED) is 0.465. The number of nitrogens with one attached hydrogen (secondary N) is 2. The number of rotatable bonds is 6. The molecule has 2 fully saturated rings. The van der Waals surface area contributed by atoms with Gasteiger partial charge in [-0.15, -0.1) is 0 Å².